The van der Waals surface area contributed by atoms with Gasteiger partial charge in [-0.1, -0.05) is 0 Å². The highest BCUT2D eigenvalue weighted by atomic mass is 16.6. The second kappa shape index (κ2) is 5.04. The van der Waals surface area contributed by atoms with Crippen LogP contribution in [0, 0.1) is 0 Å². The number of carbonyl (C=O) groups is 2. The number of carbonyl (C=O) groups excluding carboxylic acids is 2. The summed E-state index contributed by atoms with van der Waals surface area (Å²) < 4.78 is 4.09. The van der Waals surface area contributed by atoms with Crippen LogP contribution in [-0.4, -0.2) is 31.6 Å². The normalized spacial score (nSPS) is 15.8. The molecule has 0 aromatic heterocycles. The summed E-state index contributed by atoms with van der Waals surface area (Å²) in [5.41, 5.74) is 0. The van der Waals surface area contributed by atoms with Crippen LogP contribution in [0.3, 0.4) is 0 Å². The van der Waals surface area contributed by atoms with Gasteiger partial charge in [-0.3, -0.25) is 0 Å². The molecule has 0 spiro atoms. The Morgan fingerprint density at radius 1 is 1.40 bits per heavy atom. The lowest BCUT2D eigenvalue weighted by molar-refractivity contribution is -0.481. The number of aldehydes is 2. The van der Waals surface area contributed by atoms with Gasteiger partial charge >= 0.3 is 0 Å². The van der Waals surface area contributed by atoms with E-state index in [2.05, 4.69) is 4.74 Å². The van der Waals surface area contributed by atoms with Crippen LogP contribution in [0.5, 0.6) is 0 Å². The second-order valence-electron chi connectivity index (χ2n) is 1.48. The van der Waals surface area contributed by atoms with Gasteiger partial charge in [-0.15, -0.1) is 6.61 Å². The van der Waals surface area contributed by atoms with E-state index in [0.29, 0.717) is 0 Å². The molecule has 2 atom stereocenters. The lowest BCUT2D eigenvalue weighted by Gasteiger charge is -2.22. The monoisotopic (exact) mass is 146 g/mol. The Balaban J connectivity index is 3.61. The van der Waals surface area contributed by atoms with Gasteiger partial charge in [0, 0.05) is 6.29 Å². The predicted molar refractivity (Wildman–Crippen MR) is 25.7 cm³/mol. The molecule has 0 rings (SSSR count). The molecule has 0 saturated carbocycles. The van der Waals surface area contributed by atoms with E-state index in [1.807, 2.05) is 0 Å². The lowest BCUT2D eigenvalue weighted by Crippen LogP contribution is -2.39. The van der Waals surface area contributed by atoms with Gasteiger partial charge in [-0.05, 0) is 0 Å². The Hall–Kier alpha value is -0.780. The van der Waals surface area contributed by atoms with Crippen molar-refractivity contribution in [3.8, 4) is 0 Å². The molecule has 0 aliphatic heterocycles. The maximum atomic E-state index is 10.1. The maximum Gasteiger partial charge on any atom is 0.147 e. The molecular formula is C5H6O5-2. The van der Waals surface area contributed by atoms with Crippen molar-refractivity contribution in [2.75, 3.05) is 6.61 Å². The third kappa shape index (κ3) is 3.29. The molecule has 5 heteroatoms. The van der Waals surface area contributed by atoms with Crippen molar-refractivity contribution in [3.63, 3.8) is 0 Å². The average molecular weight is 146 g/mol. The number of ether oxygens (including phenoxy) is 1. The molecule has 0 bridgehead atoms. The molecule has 0 fully saturated rings. The van der Waals surface area contributed by atoms with Gasteiger partial charge in [0.25, 0.3) is 0 Å². The van der Waals surface area contributed by atoms with Crippen molar-refractivity contribution < 1.29 is 24.5 Å². The SMILES string of the molecule is O=CC([O-])OC(C=O)C[O-]. The van der Waals surface area contributed by atoms with Gasteiger partial charge in [-0.2, -0.15) is 0 Å². The fourth-order valence-corrected chi connectivity index (χ4v) is 0.315. The van der Waals surface area contributed by atoms with Crippen molar-refractivity contribution in [3.05, 3.63) is 0 Å². The van der Waals surface area contributed by atoms with E-state index in [0.717, 1.165) is 0 Å². The van der Waals surface area contributed by atoms with Crippen LogP contribution in [0.2, 0.25) is 0 Å². The summed E-state index contributed by atoms with van der Waals surface area (Å²) in [6, 6.07) is 0. The Morgan fingerprint density at radius 3 is 2.30 bits per heavy atom. The first kappa shape index (κ1) is 9.22. The van der Waals surface area contributed by atoms with Crippen molar-refractivity contribution in [2.45, 2.75) is 12.4 Å². The van der Waals surface area contributed by atoms with Gasteiger partial charge in [0.2, 0.25) is 0 Å². The van der Waals surface area contributed by atoms with Crippen molar-refractivity contribution in [1.82, 2.24) is 0 Å². The third-order valence-electron chi connectivity index (χ3n) is 0.736. The molecule has 2 unspecified atom stereocenters. The molecule has 0 heterocycles. The average Bonchev–Trinajstić information content (AvgIpc) is 1.99. The van der Waals surface area contributed by atoms with Crippen LogP contribution in [0.25, 0.3) is 0 Å². The van der Waals surface area contributed by atoms with Crippen molar-refractivity contribution in [2.24, 2.45) is 0 Å². The third-order valence-corrected chi connectivity index (χ3v) is 0.736. The van der Waals surface area contributed by atoms with E-state index in [1.54, 1.807) is 0 Å². The molecule has 58 valence electrons. The minimum Gasteiger partial charge on any atom is -0.852 e. The standard InChI is InChI=1S/C5H6O5/c6-1-4(2-7)10-5(9)3-8/h1,3-5H,2H2/q-2. The van der Waals surface area contributed by atoms with E-state index >= 15 is 0 Å². The Bertz CT molecular complexity index is 113. The minimum atomic E-state index is -1.93. The van der Waals surface area contributed by atoms with Crippen LogP contribution < -0.4 is 10.2 Å². The first-order valence-corrected chi connectivity index (χ1v) is 2.54. The molecule has 0 aliphatic carbocycles. The Morgan fingerprint density at radius 2 is 2.00 bits per heavy atom. The van der Waals surface area contributed by atoms with Gasteiger partial charge in [0.1, 0.15) is 12.6 Å². The summed E-state index contributed by atoms with van der Waals surface area (Å²) in [5.74, 6) is 0. The van der Waals surface area contributed by atoms with Gasteiger partial charge in [-0.25, -0.2) is 0 Å². The van der Waals surface area contributed by atoms with Crippen molar-refractivity contribution in [1.29, 1.82) is 0 Å². The fraction of sp³-hybridized carbons (Fsp3) is 0.600. The summed E-state index contributed by atoms with van der Waals surface area (Å²) in [5, 5.41) is 20.0. The molecule has 10 heavy (non-hydrogen) atoms. The second-order valence-corrected chi connectivity index (χ2v) is 1.48. The summed E-state index contributed by atoms with van der Waals surface area (Å²) in [4.78, 5) is 19.4. The quantitative estimate of drug-likeness (QED) is 0.301. The van der Waals surface area contributed by atoms with E-state index in [4.69, 9.17) is 0 Å². The lowest BCUT2D eigenvalue weighted by atomic mass is 10.4. The molecule has 0 N–H and O–H groups in total. The zero-order chi connectivity index (χ0) is 7.98. The van der Waals surface area contributed by atoms with Crippen LogP contribution in [0.1, 0.15) is 0 Å². The molecule has 0 aromatic rings. The van der Waals surface area contributed by atoms with E-state index in [1.165, 1.54) is 0 Å². The van der Waals surface area contributed by atoms with Crippen LogP contribution in [-0.2, 0) is 14.3 Å². The fourth-order valence-electron chi connectivity index (χ4n) is 0.315. The summed E-state index contributed by atoms with van der Waals surface area (Å²) >= 11 is 0. The first-order valence-electron chi connectivity index (χ1n) is 2.54. The summed E-state index contributed by atoms with van der Waals surface area (Å²) in [6.07, 6.45) is -3.05. The highest BCUT2D eigenvalue weighted by Crippen LogP contribution is 1.85. The van der Waals surface area contributed by atoms with E-state index < -0.39 is 19.0 Å². The highest BCUT2D eigenvalue weighted by molar-refractivity contribution is 5.58. The molecule has 0 saturated heterocycles. The first-order chi connectivity index (χ1) is 4.74. The van der Waals surface area contributed by atoms with E-state index in [-0.39, 0.29) is 12.6 Å². The molecule has 5 nitrogen and oxygen atoms in total. The summed E-state index contributed by atoms with van der Waals surface area (Å²) in [7, 11) is 0. The molecule has 0 amide bonds. The number of hydrogen-bond donors (Lipinski definition) is 0. The largest absolute Gasteiger partial charge is 0.852 e. The zero-order valence-electron chi connectivity index (χ0n) is 5.06. The van der Waals surface area contributed by atoms with Gasteiger partial charge < -0.3 is 24.5 Å². The maximum absolute atomic E-state index is 10.1. The van der Waals surface area contributed by atoms with Gasteiger partial charge in [0.15, 0.2) is 0 Å². The zero-order valence-corrected chi connectivity index (χ0v) is 5.06. The Kier molecular flexibility index (Phi) is 4.65. The topological polar surface area (TPSA) is 89.5 Å². The van der Waals surface area contributed by atoms with E-state index in [9.17, 15) is 19.8 Å². The highest BCUT2D eigenvalue weighted by Gasteiger charge is 2.01. The van der Waals surface area contributed by atoms with Gasteiger partial charge in [0.05, 0.1) is 6.10 Å². The Labute approximate surface area is 57.2 Å². The molecular weight excluding hydrogens is 140 g/mol. The van der Waals surface area contributed by atoms with Crippen LogP contribution in [0.4, 0.5) is 0 Å². The smallest absolute Gasteiger partial charge is 0.147 e. The van der Waals surface area contributed by atoms with Crippen molar-refractivity contribution >= 4 is 12.6 Å². The molecule has 0 radical (unpaired) electrons. The van der Waals surface area contributed by atoms with Crippen LogP contribution >= 0.6 is 0 Å². The number of hydrogen-bond acceptors (Lipinski definition) is 5. The molecule has 0 aliphatic rings. The molecule has 0 aromatic carbocycles. The predicted octanol–water partition coefficient (Wildman–Crippen LogP) is -3.18. The number of rotatable bonds is 5. The van der Waals surface area contributed by atoms with Crippen LogP contribution in [0.15, 0.2) is 0 Å². The minimum absolute atomic E-state index is 0.0217. The summed E-state index contributed by atoms with van der Waals surface area (Å²) in [6.45, 7) is -0.837.